The van der Waals surface area contributed by atoms with E-state index < -0.39 is 0 Å². The summed E-state index contributed by atoms with van der Waals surface area (Å²) >= 11 is 8.03. The fraction of sp³-hybridized carbons (Fsp3) is 0.0870. The molecule has 0 spiro atoms. The Bertz CT molecular complexity index is 1200. The van der Waals surface area contributed by atoms with Gasteiger partial charge in [0.15, 0.2) is 0 Å². The highest BCUT2D eigenvalue weighted by Gasteiger charge is 2.37. The van der Waals surface area contributed by atoms with E-state index in [0.717, 1.165) is 22.5 Å². The number of hydrogen-bond donors (Lipinski definition) is 0. The molecule has 7 heteroatoms. The lowest BCUT2D eigenvalue weighted by Gasteiger charge is -2.25. The molecule has 4 aromatic rings. The minimum absolute atomic E-state index is 0.0336. The van der Waals surface area contributed by atoms with Crippen LogP contribution in [0.2, 0.25) is 5.02 Å². The Labute approximate surface area is 183 Å². The number of pyridine rings is 1. The first kappa shape index (κ1) is 18.9. The Hall–Kier alpha value is -3.09. The predicted molar refractivity (Wildman–Crippen MR) is 121 cm³/mol. The molecule has 0 aliphatic carbocycles. The van der Waals surface area contributed by atoms with E-state index >= 15 is 0 Å². The van der Waals surface area contributed by atoms with E-state index in [0.29, 0.717) is 16.5 Å². The maximum atomic E-state index is 12.8. The number of anilines is 1. The molecule has 0 saturated carbocycles. The molecule has 1 unspecified atom stereocenters. The summed E-state index contributed by atoms with van der Waals surface area (Å²) in [5, 5.41) is 5.21. The standard InChI is InChI=1S/C23H17ClN4OS/c24-19-8-4-5-9-20(19)28-21(29)15-30-23(28)18-14-27(17-6-2-1-3-7-17)26-22(18)16-10-12-25-13-11-16/h1-14,23H,15H2. The number of rotatable bonds is 4. The SMILES string of the molecule is O=C1CSC(c2cn(-c3ccccc3)nc2-c2ccncc2)N1c1ccccc1Cl. The summed E-state index contributed by atoms with van der Waals surface area (Å²) < 4.78 is 1.86. The van der Waals surface area contributed by atoms with Crippen LogP contribution < -0.4 is 4.90 Å². The second kappa shape index (κ2) is 7.97. The third kappa shape index (κ3) is 3.38. The molecule has 1 aliphatic heterocycles. The number of aromatic nitrogens is 3. The molecule has 2 aromatic heterocycles. The Balaban J connectivity index is 1.66. The van der Waals surface area contributed by atoms with Gasteiger partial charge in [-0.25, -0.2) is 4.68 Å². The Morgan fingerprint density at radius 2 is 1.70 bits per heavy atom. The topological polar surface area (TPSA) is 51.0 Å². The number of benzene rings is 2. The van der Waals surface area contributed by atoms with Gasteiger partial charge >= 0.3 is 0 Å². The van der Waals surface area contributed by atoms with Crippen molar-refractivity contribution in [2.75, 3.05) is 10.7 Å². The first-order valence-corrected chi connectivity index (χ1v) is 10.9. The van der Waals surface area contributed by atoms with Crippen LogP contribution in [-0.2, 0) is 4.79 Å². The Morgan fingerprint density at radius 3 is 2.47 bits per heavy atom. The number of thioether (sulfide) groups is 1. The molecule has 30 heavy (non-hydrogen) atoms. The monoisotopic (exact) mass is 432 g/mol. The van der Waals surface area contributed by atoms with Crippen molar-refractivity contribution in [3.63, 3.8) is 0 Å². The average molecular weight is 433 g/mol. The van der Waals surface area contributed by atoms with Crippen molar-refractivity contribution in [2.24, 2.45) is 0 Å². The molecule has 3 heterocycles. The zero-order valence-electron chi connectivity index (χ0n) is 15.9. The van der Waals surface area contributed by atoms with Crippen LogP contribution in [0.25, 0.3) is 16.9 Å². The zero-order valence-corrected chi connectivity index (χ0v) is 17.4. The highest BCUT2D eigenvalue weighted by Crippen LogP contribution is 2.46. The van der Waals surface area contributed by atoms with Crippen molar-refractivity contribution < 1.29 is 4.79 Å². The smallest absolute Gasteiger partial charge is 0.238 e. The molecule has 1 fully saturated rings. The summed E-state index contributed by atoms with van der Waals surface area (Å²) in [5.41, 5.74) is 4.41. The second-order valence-electron chi connectivity index (χ2n) is 6.83. The fourth-order valence-corrected chi connectivity index (χ4v) is 4.98. The molecule has 5 rings (SSSR count). The van der Waals surface area contributed by atoms with Crippen molar-refractivity contribution in [2.45, 2.75) is 5.37 Å². The lowest BCUT2D eigenvalue weighted by molar-refractivity contribution is -0.115. The number of amides is 1. The Morgan fingerprint density at radius 1 is 0.967 bits per heavy atom. The molecular formula is C23H17ClN4OS. The van der Waals surface area contributed by atoms with Crippen LogP contribution in [-0.4, -0.2) is 26.4 Å². The van der Waals surface area contributed by atoms with Crippen molar-refractivity contribution in [1.82, 2.24) is 14.8 Å². The van der Waals surface area contributed by atoms with Crippen LogP contribution in [0.1, 0.15) is 10.9 Å². The van der Waals surface area contributed by atoms with Gasteiger partial charge in [0.25, 0.3) is 0 Å². The van der Waals surface area contributed by atoms with Crippen LogP contribution in [0.4, 0.5) is 5.69 Å². The highest BCUT2D eigenvalue weighted by molar-refractivity contribution is 8.00. The highest BCUT2D eigenvalue weighted by atomic mass is 35.5. The normalized spacial score (nSPS) is 16.2. The molecule has 5 nitrogen and oxygen atoms in total. The molecule has 148 valence electrons. The van der Waals surface area contributed by atoms with E-state index in [1.807, 2.05) is 71.5 Å². The van der Waals surface area contributed by atoms with Crippen LogP contribution >= 0.6 is 23.4 Å². The molecule has 0 radical (unpaired) electrons. The molecule has 1 aliphatic rings. The number of hydrogen-bond acceptors (Lipinski definition) is 4. The van der Waals surface area contributed by atoms with Gasteiger partial charge in [-0.1, -0.05) is 41.9 Å². The van der Waals surface area contributed by atoms with E-state index in [1.165, 1.54) is 0 Å². The first-order valence-electron chi connectivity index (χ1n) is 9.46. The molecule has 1 saturated heterocycles. The lowest BCUT2D eigenvalue weighted by Crippen LogP contribution is -2.28. The Kier molecular flexibility index (Phi) is 5.02. The summed E-state index contributed by atoms with van der Waals surface area (Å²) in [6.07, 6.45) is 5.50. The minimum atomic E-state index is -0.224. The predicted octanol–water partition coefficient (Wildman–Crippen LogP) is 5.37. The summed E-state index contributed by atoms with van der Waals surface area (Å²) in [7, 11) is 0. The van der Waals surface area contributed by atoms with E-state index in [4.69, 9.17) is 16.7 Å². The molecule has 2 aromatic carbocycles. The van der Waals surface area contributed by atoms with Gasteiger partial charge < -0.3 is 0 Å². The maximum absolute atomic E-state index is 12.8. The first-order chi connectivity index (χ1) is 14.7. The van der Waals surface area contributed by atoms with Crippen LogP contribution in [0.5, 0.6) is 0 Å². The summed E-state index contributed by atoms with van der Waals surface area (Å²) in [5.74, 6) is 0.425. The maximum Gasteiger partial charge on any atom is 0.238 e. The summed E-state index contributed by atoms with van der Waals surface area (Å²) in [6.45, 7) is 0. The van der Waals surface area contributed by atoms with E-state index in [2.05, 4.69) is 4.98 Å². The van der Waals surface area contributed by atoms with E-state index in [-0.39, 0.29) is 11.3 Å². The van der Waals surface area contributed by atoms with Gasteiger partial charge in [-0.3, -0.25) is 14.7 Å². The third-order valence-electron chi connectivity index (χ3n) is 4.96. The second-order valence-corrected chi connectivity index (χ2v) is 8.30. The molecule has 1 amide bonds. The molecule has 1 atom stereocenters. The fourth-order valence-electron chi connectivity index (χ4n) is 3.58. The third-order valence-corrected chi connectivity index (χ3v) is 6.48. The quantitative estimate of drug-likeness (QED) is 0.435. The van der Waals surface area contributed by atoms with Gasteiger partial charge in [0, 0.05) is 29.7 Å². The molecule has 0 bridgehead atoms. The zero-order chi connectivity index (χ0) is 20.5. The lowest BCUT2D eigenvalue weighted by atomic mass is 10.1. The van der Waals surface area contributed by atoms with Crippen molar-refractivity contribution in [1.29, 1.82) is 0 Å². The van der Waals surface area contributed by atoms with Gasteiger partial charge in [-0.15, -0.1) is 11.8 Å². The molecule has 0 N–H and O–H groups in total. The van der Waals surface area contributed by atoms with Crippen molar-refractivity contribution in [3.8, 4) is 16.9 Å². The van der Waals surface area contributed by atoms with Gasteiger partial charge in [0.2, 0.25) is 5.91 Å². The molecular weight excluding hydrogens is 416 g/mol. The van der Waals surface area contributed by atoms with E-state index in [9.17, 15) is 4.79 Å². The number of carbonyl (C=O) groups excluding carboxylic acids is 1. The van der Waals surface area contributed by atoms with Gasteiger partial charge in [0.1, 0.15) is 5.37 Å². The van der Waals surface area contributed by atoms with Crippen molar-refractivity contribution >= 4 is 35.0 Å². The number of carbonyl (C=O) groups is 1. The summed E-state index contributed by atoms with van der Waals surface area (Å²) in [4.78, 5) is 18.8. The van der Waals surface area contributed by atoms with Gasteiger partial charge in [0.05, 0.1) is 27.8 Å². The van der Waals surface area contributed by atoms with Crippen LogP contribution in [0.15, 0.2) is 85.3 Å². The van der Waals surface area contributed by atoms with Crippen LogP contribution in [0.3, 0.4) is 0 Å². The van der Waals surface area contributed by atoms with E-state index in [1.54, 1.807) is 35.1 Å². The minimum Gasteiger partial charge on any atom is -0.293 e. The summed E-state index contributed by atoms with van der Waals surface area (Å²) in [6, 6.07) is 21.3. The van der Waals surface area contributed by atoms with Gasteiger partial charge in [-0.05, 0) is 36.4 Å². The number of nitrogens with zero attached hydrogens (tertiary/aromatic N) is 4. The largest absolute Gasteiger partial charge is 0.293 e. The number of halogens is 1. The van der Waals surface area contributed by atoms with Crippen LogP contribution in [0, 0.1) is 0 Å². The van der Waals surface area contributed by atoms with Crippen molar-refractivity contribution in [3.05, 3.63) is 95.9 Å². The number of para-hydroxylation sites is 2. The van der Waals surface area contributed by atoms with Gasteiger partial charge in [-0.2, -0.15) is 5.10 Å². The average Bonchev–Trinajstić information content (AvgIpc) is 3.39.